The zero-order valence-electron chi connectivity index (χ0n) is 18.1. The largest absolute Gasteiger partial charge is 0.379 e. The number of nitro benzene ring substituents is 1. The van der Waals surface area contributed by atoms with Crippen LogP contribution in [0.3, 0.4) is 0 Å². The summed E-state index contributed by atoms with van der Waals surface area (Å²) in [6.45, 7) is 2.97. The van der Waals surface area contributed by atoms with E-state index >= 15 is 0 Å². The van der Waals surface area contributed by atoms with Gasteiger partial charge in [-0.25, -0.2) is 0 Å². The Morgan fingerprint density at radius 2 is 1.67 bits per heavy atom. The van der Waals surface area contributed by atoms with Gasteiger partial charge in [-0.2, -0.15) is 0 Å². The van der Waals surface area contributed by atoms with Crippen LogP contribution in [0.15, 0.2) is 72.8 Å². The van der Waals surface area contributed by atoms with Crippen LogP contribution in [-0.2, 0) is 6.42 Å². The molecule has 0 bridgehead atoms. The zero-order valence-corrected chi connectivity index (χ0v) is 18.9. The highest BCUT2D eigenvalue weighted by molar-refractivity contribution is 6.33. The molecule has 1 aliphatic heterocycles. The highest BCUT2D eigenvalue weighted by atomic mass is 35.5. The van der Waals surface area contributed by atoms with E-state index in [-0.39, 0.29) is 16.5 Å². The molecule has 4 rings (SSSR count). The summed E-state index contributed by atoms with van der Waals surface area (Å²) < 4.78 is 0. The molecule has 1 amide bonds. The molecule has 1 fully saturated rings. The second-order valence-corrected chi connectivity index (χ2v) is 8.29. The van der Waals surface area contributed by atoms with E-state index in [2.05, 4.69) is 10.2 Å². The predicted octanol–water partition coefficient (Wildman–Crippen LogP) is 4.87. The first kappa shape index (κ1) is 22.6. The second kappa shape index (κ2) is 10.4. The zero-order chi connectivity index (χ0) is 23.2. The predicted molar refractivity (Wildman–Crippen MR) is 131 cm³/mol. The molecular weight excluding hydrogens is 440 g/mol. The second-order valence-electron chi connectivity index (χ2n) is 7.88. The molecule has 0 saturated carbocycles. The Bertz CT molecular complexity index is 1130. The maximum atomic E-state index is 12.8. The summed E-state index contributed by atoms with van der Waals surface area (Å²) in [5.41, 5.74) is 3.13. The first-order chi connectivity index (χ1) is 16.0. The average molecular weight is 465 g/mol. The minimum Gasteiger partial charge on any atom is -0.379 e. The summed E-state index contributed by atoms with van der Waals surface area (Å²) in [7, 11) is 0. The fraction of sp³-hybridized carbons (Fsp3) is 0.240. The van der Waals surface area contributed by atoms with E-state index in [1.54, 1.807) is 41.3 Å². The number of piperazine rings is 1. The van der Waals surface area contributed by atoms with Gasteiger partial charge in [0.15, 0.2) is 0 Å². The third-order valence-corrected chi connectivity index (χ3v) is 6.11. The van der Waals surface area contributed by atoms with Crippen LogP contribution < -0.4 is 10.2 Å². The van der Waals surface area contributed by atoms with Crippen LogP contribution in [0.1, 0.15) is 15.9 Å². The van der Waals surface area contributed by atoms with Crippen molar-refractivity contribution in [2.24, 2.45) is 0 Å². The van der Waals surface area contributed by atoms with Gasteiger partial charge in [-0.15, -0.1) is 0 Å². The first-order valence-electron chi connectivity index (χ1n) is 10.9. The minimum absolute atomic E-state index is 0.0549. The molecule has 1 saturated heterocycles. The fourth-order valence-corrected chi connectivity index (χ4v) is 4.20. The molecule has 0 aromatic heterocycles. The van der Waals surface area contributed by atoms with Gasteiger partial charge in [0.05, 0.1) is 15.5 Å². The molecule has 7 nitrogen and oxygen atoms in total. The number of anilines is 2. The van der Waals surface area contributed by atoms with E-state index in [9.17, 15) is 14.9 Å². The van der Waals surface area contributed by atoms with Gasteiger partial charge in [-0.1, -0.05) is 54.1 Å². The van der Waals surface area contributed by atoms with E-state index in [1.165, 1.54) is 5.56 Å². The highest BCUT2D eigenvalue weighted by Gasteiger charge is 2.24. The van der Waals surface area contributed by atoms with E-state index in [4.69, 9.17) is 11.6 Å². The Kier molecular flexibility index (Phi) is 7.10. The number of hydrogen-bond donors (Lipinski definition) is 1. The van der Waals surface area contributed by atoms with Crippen molar-refractivity contribution in [1.29, 1.82) is 0 Å². The van der Waals surface area contributed by atoms with Gasteiger partial charge in [0, 0.05) is 44.5 Å². The van der Waals surface area contributed by atoms with Crippen molar-refractivity contribution in [2.75, 3.05) is 42.9 Å². The highest BCUT2D eigenvalue weighted by Crippen LogP contribution is 2.30. The smallest absolute Gasteiger partial charge is 0.292 e. The van der Waals surface area contributed by atoms with Crippen molar-refractivity contribution < 1.29 is 9.72 Å². The van der Waals surface area contributed by atoms with Gasteiger partial charge in [-0.05, 0) is 36.2 Å². The Morgan fingerprint density at radius 3 is 2.36 bits per heavy atom. The monoisotopic (exact) mass is 464 g/mol. The standard InChI is InChI=1S/C25H25ClN4O3/c26-22-9-5-4-8-21(22)25(31)29-16-14-28(15-17-29)20-10-11-24(30(32)33)23(18-20)27-13-12-19-6-2-1-3-7-19/h1-11,18,27H,12-17H2. The van der Waals surface area contributed by atoms with Crippen molar-refractivity contribution in [3.63, 3.8) is 0 Å². The third-order valence-electron chi connectivity index (χ3n) is 5.79. The summed E-state index contributed by atoms with van der Waals surface area (Å²) in [6.07, 6.45) is 0.769. The molecular formula is C25H25ClN4O3. The van der Waals surface area contributed by atoms with Crippen LogP contribution in [0.25, 0.3) is 0 Å². The number of carbonyl (C=O) groups is 1. The van der Waals surface area contributed by atoms with Crippen LogP contribution in [-0.4, -0.2) is 48.5 Å². The summed E-state index contributed by atoms with van der Waals surface area (Å²) >= 11 is 6.18. The fourth-order valence-electron chi connectivity index (χ4n) is 3.98. The van der Waals surface area contributed by atoms with E-state index < -0.39 is 0 Å². The number of benzene rings is 3. The SMILES string of the molecule is O=C(c1ccccc1Cl)N1CCN(c2ccc([N+](=O)[O-])c(NCCc3ccccc3)c2)CC1. The number of nitrogens with one attached hydrogen (secondary N) is 1. The molecule has 170 valence electrons. The van der Waals surface area contributed by atoms with Crippen molar-refractivity contribution in [3.05, 3.63) is 99.1 Å². The number of hydrogen-bond acceptors (Lipinski definition) is 5. The van der Waals surface area contributed by atoms with Gasteiger partial charge in [0.1, 0.15) is 5.69 Å². The third kappa shape index (κ3) is 5.43. The maximum Gasteiger partial charge on any atom is 0.292 e. The lowest BCUT2D eigenvalue weighted by Crippen LogP contribution is -2.48. The van der Waals surface area contributed by atoms with Crippen molar-refractivity contribution in [1.82, 2.24) is 4.90 Å². The van der Waals surface area contributed by atoms with Crippen LogP contribution in [0.4, 0.5) is 17.1 Å². The number of nitrogens with zero attached hydrogens (tertiary/aromatic N) is 3. The lowest BCUT2D eigenvalue weighted by Gasteiger charge is -2.36. The van der Waals surface area contributed by atoms with Gasteiger partial charge < -0.3 is 15.1 Å². The normalized spacial score (nSPS) is 13.6. The number of rotatable bonds is 7. The number of amides is 1. The first-order valence-corrected chi connectivity index (χ1v) is 11.3. The van der Waals surface area contributed by atoms with Crippen molar-refractivity contribution >= 4 is 34.6 Å². The van der Waals surface area contributed by atoms with Gasteiger partial charge in [0.25, 0.3) is 11.6 Å². The summed E-state index contributed by atoms with van der Waals surface area (Å²) in [5, 5.41) is 15.2. The van der Waals surface area contributed by atoms with Gasteiger partial charge in [-0.3, -0.25) is 14.9 Å². The van der Waals surface area contributed by atoms with Crippen LogP contribution in [0.2, 0.25) is 5.02 Å². The molecule has 3 aromatic rings. The minimum atomic E-state index is -0.366. The lowest BCUT2D eigenvalue weighted by atomic mass is 10.1. The molecule has 33 heavy (non-hydrogen) atoms. The molecule has 3 aromatic carbocycles. The molecule has 0 unspecified atom stereocenters. The number of carbonyl (C=O) groups excluding carboxylic acids is 1. The van der Waals surface area contributed by atoms with Gasteiger partial charge >= 0.3 is 0 Å². The molecule has 0 spiro atoms. The van der Waals surface area contributed by atoms with Crippen molar-refractivity contribution in [2.45, 2.75) is 6.42 Å². The number of halogens is 1. The van der Waals surface area contributed by atoms with Crippen LogP contribution in [0, 0.1) is 10.1 Å². The Labute approximate surface area is 197 Å². The van der Waals surface area contributed by atoms with Gasteiger partial charge in [0.2, 0.25) is 0 Å². The summed E-state index contributed by atoms with van der Waals surface area (Å²) in [6, 6.07) is 22.2. The van der Waals surface area contributed by atoms with E-state index in [0.717, 1.165) is 12.1 Å². The topological polar surface area (TPSA) is 78.7 Å². The van der Waals surface area contributed by atoms with Crippen LogP contribution in [0.5, 0.6) is 0 Å². The summed E-state index contributed by atoms with van der Waals surface area (Å²) in [5.74, 6) is -0.0767. The molecule has 1 aliphatic rings. The molecule has 0 radical (unpaired) electrons. The lowest BCUT2D eigenvalue weighted by molar-refractivity contribution is -0.383. The Hall–Kier alpha value is -3.58. The number of nitro groups is 1. The molecule has 1 heterocycles. The van der Waals surface area contributed by atoms with E-state index in [1.807, 2.05) is 36.4 Å². The van der Waals surface area contributed by atoms with Crippen molar-refractivity contribution in [3.8, 4) is 0 Å². The Morgan fingerprint density at radius 1 is 0.970 bits per heavy atom. The van der Waals surface area contributed by atoms with Crippen LogP contribution >= 0.6 is 11.6 Å². The molecule has 0 atom stereocenters. The van der Waals surface area contributed by atoms with E-state index in [0.29, 0.717) is 49.0 Å². The molecule has 8 heteroatoms. The average Bonchev–Trinajstić information content (AvgIpc) is 2.84. The quantitative estimate of drug-likeness (QED) is 0.399. The summed E-state index contributed by atoms with van der Waals surface area (Å²) in [4.78, 5) is 27.9. The molecule has 1 N–H and O–H groups in total. The Balaban J connectivity index is 1.41. The maximum absolute atomic E-state index is 12.8. The molecule has 0 aliphatic carbocycles.